The lowest BCUT2D eigenvalue weighted by Gasteiger charge is -2.10. The van der Waals surface area contributed by atoms with Gasteiger partial charge in [-0.15, -0.1) is 10.2 Å². The lowest BCUT2D eigenvalue weighted by molar-refractivity contribution is -0.121. The molecule has 0 unspecified atom stereocenters. The molecule has 0 saturated heterocycles. The molecule has 0 saturated carbocycles. The molecule has 0 aliphatic carbocycles. The Balaban J connectivity index is 1.54. The van der Waals surface area contributed by atoms with Gasteiger partial charge in [0.2, 0.25) is 11.0 Å². The number of anilines is 1. The second kappa shape index (κ2) is 7.87. The maximum Gasteiger partial charge on any atom is 0.273 e. The first kappa shape index (κ1) is 17.1. The van der Waals surface area contributed by atoms with Gasteiger partial charge < -0.3 is 0 Å². The molecular formula is C15H12N6O2S2. The number of aromatic nitrogens is 2. The van der Waals surface area contributed by atoms with Crippen molar-refractivity contribution in [3.63, 3.8) is 0 Å². The third-order valence-corrected chi connectivity index (χ3v) is 5.28. The van der Waals surface area contributed by atoms with Crippen LogP contribution in [0, 0.1) is 11.3 Å². The highest BCUT2D eigenvalue weighted by Gasteiger charge is 2.19. The molecule has 1 aliphatic rings. The number of nitrogens with zero attached hydrogens (tertiary/aromatic N) is 4. The van der Waals surface area contributed by atoms with Crippen molar-refractivity contribution in [2.24, 2.45) is 5.10 Å². The Labute approximate surface area is 151 Å². The summed E-state index contributed by atoms with van der Waals surface area (Å²) in [7, 11) is 0. The molecule has 3 rings (SSSR count). The highest BCUT2D eigenvalue weighted by molar-refractivity contribution is 8.00. The van der Waals surface area contributed by atoms with Gasteiger partial charge in [-0.1, -0.05) is 35.2 Å². The van der Waals surface area contributed by atoms with E-state index in [0.717, 1.165) is 9.90 Å². The first-order valence-corrected chi connectivity index (χ1v) is 9.06. The molecule has 2 N–H and O–H groups in total. The number of carbonyl (C=O) groups is 2. The van der Waals surface area contributed by atoms with Crippen molar-refractivity contribution in [2.45, 2.75) is 22.9 Å². The Hall–Kier alpha value is -2.77. The average Bonchev–Trinajstić information content (AvgIpc) is 3.08. The number of hydrogen-bond acceptors (Lipinski definition) is 8. The second-order valence-corrected chi connectivity index (χ2v) is 7.22. The highest BCUT2D eigenvalue weighted by Crippen LogP contribution is 2.28. The molecule has 0 radical (unpaired) electrons. The first-order chi connectivity index (χ1) is 12.1. The predicted molar refractivity (Wildman–Crippen MR) is 94.1 cm³/mol. The maximum absolute atomic E-state index is 12.0. The zero-order valence-corrected chi connectivity index (χ0v) is 14.5. The molecule has 8 nitrogen and oxygen atoms in total. The van der Waals surface area contributed by atoms with Crippen molar-refractivity contribution in [1.82, 2.24) is 15.6 Å². The summed E-state index contributed by atoms with van der Waals surface area (Å²) in [5.41, 5.74) is 4.24. The molecule has 1 aromatic heterocycles. The number of nitrogens with one attached hydrogen (secondary N) is 2. The van der Waals surface area contributed by atoms with Crippen LogP contribution in [0.5, 0.6) is 0 Å². The van der Waals surface area contributed by atoms with E-state index in [1.54, 1.807) is 12.1 Å². The van der Waals surface area contributed by atoms with Crippen molar-refractivity contribution in [3.05, 3.63) is 35.4 Å². The number of hydrazone groups is 1. The van der Waals surface area contributed by atoms with E-state index in [4.69, 9.17) is 5.26 Å². The SMILES string of the molecule is N#Cc1ccc(CSc2nnc(NC(=O)C3=NNC(=O)CC3)s2)cc1. The second-order valence-electron chi connectivity index (χ2n) is 5.02. The van der Waals surface area contributed by atoms with Gasteiger partial charge in [0.15, 0.2) is 4.34 Å². The summed E-state index contributed by atoms with van der Waals surface area (Å²) >= 11 is 2.76. The standard InChI is InChI=1S/C15H12N6O2S2/c16-7-9-1-3-10(4-2-9)8-24-15-21-20-14(25-15)17-13(23)11-5-6-12(22)19-18-11/h1-4H,5-6,8H2,(H,19,22)(H,17,20,23). The van der Waals surface area contributed by atoms with Gasteiger partial charge >= 0.3 is 0 Å². The maximum atomic E-state index is 12.0. The minimum absolute atomic E-state index is 0.200. The van der Waals surface area contributed by atoms with Crippen LogP contribution in [0.1, 0.15) is 24.0 Å². The average molecular weight is 372 g/mol. The quantitative estimate of drug-likeness (QED) is 0.611. The molecule has 25 heavy (non-hydrogen) atoms. The molecule has 0 atom stereocenters. The molecule has 10 heteroatoms. The minimum Gasteiger partial charge on any atom is -0.295 e. The molecule has 2 amide bonds. The van der Waals surface area contributed by atoms with Crippen LogP contribution in [-0.2, 0) is 15.3 Å². The molecule has 126 valence electrons. The van der Waals surface area contributed by atoms with Gasteiger partial charge in [-0.2, -0.15) is 10.4 Å². The number of thioether (sulfide) groups is 1. The molecule has 2 aromatic rings. The monoisotopic (exact) mass is 372 g/mol. The Morgan fingerprint density at radius 3 is 2.80 bits per heavy atom. The summed E-state index contributed by atoms with van der Waals surface area (Å²) in [6.45, 7) is 0. The van der Waals surface area contributed by atoms with Crippen LogP contribution in [0.15, 0.2) is 33.7 Å². The smallest absolute Gasteiger partial charge is 0.273 e. The van der Waals surface area contributed by atoms with Crippen LogP contribution < -0.4 is 10.7 Å². The number of carbonyl (C=O) groups excluding carboxylic acids is 2. The van der Waals surface area contributed by atoms with Gasteiger partial charge in [0.05, 0.1) is 11.6 Å². The number of rotatable bonds is 5. The van der Waals surface area contributed by atoms with Crippen molar-refractivity contribution in [1.29, 1.82) is 5.26 Å². The van der Waals surface area contributed by atoms with E-state index in [1.807, 2.05) is 12.1 Å². The van der Waals surface area contributed by atoms with Gasteiger partial charge in [-0.3, -0.25) is 14.9 Å². The Kier molecular flexibility index (Phi) is 5.37. The first-order valence-electron chi connectivity index (χ1n) is 7.26. The molecule has 1 aliphatic heterocycles. The van der Waals surface area contributed by atoms with Crippen molar-refractivity contribution in [3.8, 4) is 6.07 Å². The van der Waals surface area contributed by atoms with Crippen LogP contribution in [0.3, 0.4) is 0 Å². The van der Waals surface area contributed by atoms with E-state index in [2.05, 4.69) is 32.1 Å². The van der Waals surface area contributed by atoms with E-state index < -0.39 is 0 Å². The number of nitriles is 1. The fourth-order valence-electron chi connectivity index (χ4n) is 1.95. The Morgan fingerprint density at radius 1 is 1.32 bits per heavy atom. The Bertz CT molecular complexity index is 869. The van der Waals surface area contributed by atoms with E-state index >= 15 is 0 Å². The number of amides is 2. The largest absolute Gasteiger partial charge is 0.295 e. The fourth-order valence-corrected chi connectivity index (χ4v) is 3.65. The molecule has 1 aromatic carbocycles. The summed E-state index contributed by atoms with van der Waals surface area (Å²) in [5.74, 6) is 0.0984. The van der Waals surface area contributed by atoms with Crippen LogP contribution in [-0.4, -0.2) is 27.7 Å². The van der Waals surface area contributed by atoms with E-state index in [-0.39, 0.29) is 23.9 Å². The van der Waals surface area contributed by atoms with Crippen LogP contribution >= 0.6 is 23.1 Å². The molecule has 0 bridgehead atoms. The number of hydrogen-bond donors (Lipinski definition) is 2. The lowest BCUT2D eigenvalue weighted by Crippen LogP contribution is -2.32. The zero-order chi connectivity index (χ0) is 17.6. The molecule has 0 fully saturated rings. The van der Waals surface area contributed by atoms with Crippen molar-refractivity contribution in [2.75, 3.05) is 5.32 Å². The fraction of sp³-hybridized carbons (Fsp3) is 0.200. The number of benzene rings is 1. The normalized spacial score (nSPS) is 13.6. The van der Waals surface area contributed by atoms with Gasteiger partial charge in [-0.05, 0) is 17.7 Å². The van der Waals surface area contributed by atoms with E-state index in [0.29, 0.717) is 22.9 Å². The van der Waals surface area contributed by atoms with Crippen LogP contribution in [0.25, 0.3) is 0 Å². The van der Waals surface area contributed by atoms with Gasteiger partial charge in [0, 0.05) is 18.6 Å². The summed E-state index contributed by atoms with van der Waals surface area (Å²) in [5, 5.41) is 23.5. The van der Waals surface area contributed by atoms with Crippen LogP contribution in [0.4, 0.5) is 5.13 Å². The van der Waals surface area contributed by atoms with Gasteiger partial charge in [0.25, 0.3) is 5.91 Å². The van der Waals surface area contributed by atoms with Gasteiger partial charge in [0.1, 0.15) is 5.71 Å². The summed E-state index contributed by atoms with van der Waals surface area (Å²) in [6.07, 6.45) is 0.546. The lowest BCUT2D eigenvalue weighted by atomic mass is 10.2. The van der Waals surface area contributed by atoms with Gasteiger partial charge in [-0.25, -0.2) is 5.43 Å². The van der Waals surface area contributed by atoms with E-state index in [1.165, 1.54) is 23.1 Å². The highest BCUT2D eigenvalue weighted by atomic mass is 32.2. The molecule has 2 heterocycles. The topological polar surface area (TPSA) is 120 Å². The Morgan fingerprint density at radius 2 is 2.12 bits per heavy atom. The van der Waals surface area contributed by atoms with Crippen molar-refractivity contribution >= 4 is 45.8 Å². The summed E-state index contributed by atoms with van der Waals surface area (Å²) < 4.78 is 0.721. The summed E-state index contributed by atoms with van der Waals surface area (Å²) in [4.78, 5) is 23.1. The molecule has 0 spiro atoms. The van der Waals surface area contributed by atoms with Crippen LogP contribution in [0.2, 0.25) is 0 Å². The summed E-state index contributed by atoms with van der Waals surface area (Å²) in [6, 6.07) is 9.40. The molecular weight excluding hydrogens is 360 g/mol. The van der Waals surface area contributed by atoms with Crippen molar-refractivity contribution < 1.29 is 9.59 Å². The predicted octanol–water partition coefficient (Wildman–Crippen LogP) is 1.91. The van der Waals surface area contributed by atoms with E-state index in [9.17, 15) is 9.59 Å². The third-order valence-electron chi connectivity index (χ3n) is 3.24. The third kappa shape index (κ3) is 4.62. The minimum atomic E-state index is -0.389. The zero-order valence-electron chi connectivity index (χ0n) is 12.9.